The molecule has 0 aliphatic heterocycles. The fourth-order valence-corrected chi connectivity index (χ4v) is 2.27. The molecule has 1 aliphatic carbocycles. The molecule has 0 aromatic heterocycles. The lowest BCUT2D eigenvalue weighted by atomic mass is 9.76. The van der Waals surface area contributed by atoms with Gasteiger partial charge < -0.3 is 5.32 Å². The number of nitrogens with one attached hydrogen (secondary N) is 1. The van der Waals surface area contributed by atoms with Crippen molar-refractivity contribution in [2.75, 3.05) is 13.1 Å². The maximum atomic E-state index is 3.92. The van der Waals surface area contributed by atoms with Crippen LogP contribution in [-0.2, 0) is 0 Å². The van der Waals surface area contributed by atoms with Crippen molar-refractivity contribution in [3.8, 4) is 0 Å². The molecule has 0 spiro atoms. The van der Waals surface area contributed by atoms with Gasteiger partial charge in [-0.05, 0) is 38.1 Å². The summed E-state index contributed by atoms with van der Waals surface area (Å²) in [7, 11) is 0. The first-order valence-electron chi connectivity index (χ1n) is 5.97. The second-order valence-corrected chi connectivity index (χ2v) is 5.26. The van der Waals surface area contributed by atoms with Gasteiger partial charge in [0.25, 0.3) is 0 Å². The van der Waals surface area contributed by atoms with E-state index in [1.807, 2.05) is 0 Å². The average molecular weight is 195 g/mol. The lowest BCUT2D eigenvalue weighted by Gasteiger charge is -2.33. The van der Waals surface area contributed by atoms with Gasteiger partial charge in [0.15, 0.2) is 0 Å². The summed E-state index contributed by atoms with van der Waals surface area (Å²) in [5.41, 5.74) is 1.86. The molecule has 0 amide bonds. The van der Waals surface area contributed by atoms with E-state index < -0.39 is 0 Å². The normalized spacial score (nSPS) is 20.7. The fourth-order valence-electron chi connectivity index (χ4n) is 2.27. The molecule has 1 N–H and O–H groups in total. The minimum Gasteiger partial charge on any atom is -0.316 e. The third-order valence-corrected chi connectivity index (χ3v) is 3.34. The topological polar surface area (TPSA) is 12.0 Å². The minimum atomic E-state index is 0.577. The highest BCUT2D eigenvalue weighted by Crippen LogP contribution is 2.34. The summed E-state index contributed by atoms with van der Waals surface area (Å²) >= 11 is 0. The fraction of sp³-hybridized carbons (Fsp3) is 0.846. The van der Waals surface area contributed by atoms with E-state index in [1.165, 1.54) is 44.2 Å². The lowest BCUT2D eigenvalue weighted by Crippen LogP contribution is -2.34. The summed E-state index contributed by atoms with van der Waals surface area (Å²) in [5.74, 6) is 0. The van der Waals surface area contributed by atoms with Crippen LogP contribution in [-0.4, -0.2) is 13.1 Å². The lowest BCUT2D eigenvalue weighted by molar-refractivity contribution is 0.208. The molecule has 1 aliphatic rings. The van der Waals surface area contributed by atoms with Gasteiger partial charge in [0.05, 0.1) is 0 Å². The van der Waals surface area contributed by atoms with E-state index in [-0.39, 0.29) is 0 Å². The molecule has 82 valence electrons. The Labute approximate surface area is 89.0 Å². The van der Waals surface area contributed by atoms with Crippen molar-refractivity contribution in [2.45, 2.75) is 52.4 Å². The van der Waals surface area contributed by atoms with E-state index in [1.54, 1.807) is 0 Å². The molecule has 0 saturated heterocycles. The van der Waals surface area contributed by atoms with Crippen LogP contribution in [0.3, 0.4) is 0 Å². The molecule has 14 heavy (non-hydrogen) atoms. The molecule has 1 heteroatoms. The Kier molecular flexibility index (Phi) is 4.67. The number of rotatable bonds is 5. The zero-order valence-corrected chi connectivity index (χ0v) is 9.86. The summed E-state index contributed by atoms with van der Waals surface area (Å²) in [5, 5.41) is 3.57. The van der Waals surface area contributed by atoms with Crippen molar-refractivity contribution in [2.24, 2.45) is 5.41 Å². The highest BCUT2D eigenvalue weighted by molar-refractivity contribution is 4.89. The zero-order chi connectivity index (χ0) is 10.4. The van der Waals surface area contributed by atoms with E-state index in [0.717, 1.165) is 13.0 Å². The Bertz CT molecular complexity index is 178. The second kappa shape index (κ2) is 5.55. The van der Waals surface area contributed by atoms with Crippen LogP contribution in [0.15, 0.2) is 12.2 Å². The van der Waals surface area contributed by atoms with Crippen LogP contribution < -0.4 is 5.32 Å². The number of hydrogen-bond acceptors (Lipinski definition) is 1. The quantitative estimate of drug-likeness (QED) is 0.523. The molecule has 0 aromatic rings. The van der Waals surface area contributed by atoms with Gasteiger partial charge in [0, 0.05) is 6.54 Å². The highest BCUT2D eigenvalue weighted by atomic mass is 14.9. The molecule has 1 saturated carbocycles. The standard InChI is InChI=1S/C13H25N/c1-12(2)7-10-14-11-13(3)8-5-4-6-9-13/h14H,1,4-11H2,2-3H3. The number of hydrogen-bond donors (Lipinski definition) is 1. The van der Waals surface area contributed by atoms with Gasteiger partial charge >= 0.3 is 0 Å². The summed E-state index contributed by atoms with van der Waals surface area (Å²) in [6.07, 6.45) is 8.24. The van der Waals surface area contributed by atoms with E-state index in [0.29, 0.717) is 5.41 Å². The molecule has 0 radical (unpaired) electrons. The predicted molar refractivity (Wildman–Crippen MR) is 63.5 cm³/mol. The van der Waals surface area contributed by atoms with Crippen LogP contribution >= 0.6 is 0 Å². The first kappa shape index (κ1) is 11.8. The molecular weight excluding hydrogens is 170 g/mol. The Hall–Kier alpha value is -0.300. The summed E-state index contributed by atoms with van der Waals surface area (Å²) in [6.45, 7) is 10.7. The minimum absolute atomic E-state index is 0.577. The van der Waals surface area contributed by atoms with E-state index in [2.05, 4.69) is 25.7 Å². The Morgan fingerprint density at radius 1 is 1.29 bits per heavy atom. The van der Waals surface area contributed by atoms with Crippen LogP contribution in [0.25, 0.3) is 0 Å². The van der Waals surface area contributed by atoms with E-state index in [4.69, 9.17) is 0 Å². The van der Waals surface area contributed by atoms with Crippen LogP contribution in [0.5, 0.6) is 0 Å². The molecule has 1 nitrogen and oxygen atoms in total. The van der Waals surface area contributed by atoms with Crippen LogP contribution in [0.2, 0.25) is 0 Å². The van der Waals surface area contributed by atoms with E-state index >= 15 is 0 Å². The molecule has 1 rings (SSSR count). The van der Waals surface area contributed by atoms with Gasteiger partial charge in [-0.15, -0.1) is 6.58 Å². The van der Waals surface area contributed by atoms with Crippen LogP contribution in [0.1, 0.15) is 52.4 Å². The molecule has 0 heterocycles. The van der Waals surface area contributed by atoms with Gasteiger partial charge in [-0.2, -0.15) is 0 Å². The molecule has 1 fully saturated rings. The van der Waals surface area contributed by atoms with Gasteiger partial charge in [-0.25, -0.2) is 0 Å². The van der Waals surface area contributed by atoms with Gasteiger partial charge in [-0.1, -0.05) is 31.8 Å². The Balaban J connectivity index is 2.12. The van der Waals surface area contributed by atoms with Gasteiger partial charge in [-0.3, -0.25) is 0 Å². The van der Waals surface area contributed by atoms with Crippen molar-refractivity contribution in [3.05, 3.63) is 12.2 Å². The Morgan fingerprint density at radius 3 is 2.50 bits per heavy atom. The average Bonchev–Trinajstić information content (AvgIpc) is 2.14. The van der Waals surface area contributed by atoms with Crippen LogP contribution in [0, 0.1) is 5.41 Å². The predicted octanol–water partition coefficient (Wildman–Crippen LogP) is 3.51. The summed E-state index contributed by atoms with van der Waals surface area (Å²) in [4.78, 5) is 0. The zero-order valence-electron chi connectivity index (χ0n) is 9.86. The molecule has 0 atom stereocenters. The highest BCUT2D eigenvalue weighted by Gasteiger charge is 2.25. The van der Waals surface area contributed by atoms with Crippen LogP contribution in [0.4, 0.5) is 0 Å². The van der Waals surface area contributed by atoms with Crippen molar-refractivity contribution in [1.29, 1.82) is 0 Å². The third-order valence-electron chi connectivity index (χ3n) is 3.34. The summed E-state index contributed by atoms with van der Waals surface area (Å²) in [6, 6.07) is 0. The van der Waals surface area contributed by atoms with Crippen molar-refractivity contribution >= 4 is 0 Å². The third kappa shape index (κ3) is 4.28. The van der Waals surface area contributed by atoms with E-state index in [9.17, 15) is 0 Å². The van der Waals surface area contributed by atoms with Crippen molar-refractivity contribution < 1.29 is 0 Å². The monoisotopic (exact) mass is 195 g/mol. The summed E-state index contributed by atoms with van der Waals surface area (Å²) < 4.78 is 0. The van der Waals surface area contributed by atoms with Crippen molar-refractivity contribution in [3.63, 3.8) is 0 Å². The molecule has 0 aromatic carbocycles. The molecular formula is C13H25N. The Morgan fingerprint density at radius 2 is 1.93 bits per heavy atom. The van der Waals surface area contributed by atoms with Gasteiger partial charge in [0.2, 0.25) is 0 Å². The maximum absolute atomic E-state index is 3.92. The largest absolute Gasteiger partial charge is 0.316 e. The van der Waals surface area contributed by atoms with Crippen molar-refractivity contribution in [1.82, 2.24) is 5.32 Å². The first-order chi connectivity index (χ1) is 6.62. The molecule has 0 bridgehead atoms. The van der Waals surface area contributed by atoms with Gasteiger partial charge in [0.1, 0.15) is 0 Å². The molecule has 0 unspecified atom stereocenters. The maximum Gasteiger partial charge on any atom is 0.000529 e. The first-order valence-corrected chi connectivity index (χ1v) is 5.97. The smallest absolute Gasteiger partial charge is 0.000529 e. The second-order valence-electron chi connectivity index (χ2n) is 5.26. The SMILES string of the molecule is C=C(C)CCNCC1(C)CCCCC1.